The standard InChI is InChI=1S/C19H20N4O6/c20-17-6-5-15(23(26)27)11-16(17)19(25)29-12-18(24)21-13-1-3-14(4-2-13)22-7-9-28-10-8-22/h1-6,11H,7-10,12,20H2,(H,21,24). The van der Waals surface area contributed by atoms with Crippen LogP contribution in [0.4, 0.5) is 22.7 Å². The van der Waals surface area contributed by atoms with Crippen molar-refractivity contribution >= 4 is 34.6 Å². The van der Waals surface area contributed by atoms with Crippen LogP contribution in [0.25, 0.3) is 0 Å². The van der Waals surface area contributed by atoms with E-state index < -0.39 is 23.4 Å². The van der Waals surface area contributed by atoms with Crippen molar-refractivity contribution in [3.8, 4) is 0 Å². The zero-order chi connectivity index (χ0) is 20.8. The van der Waals surface area contributed by atoms with Crippen LogP contribution >= 0.6 is 0 Å². The number of hydrogen-bond donors (Lipinski definition) is 2. The molecule has 0 spiro atoms. The number of amides is 1. The van der Waals surface area contributed by atoms with Crippen molar-refractivity contribution in [2.24, 2.45) is 0 Å². The molecule has 3 rings (SSSR count). The molecule has 0 bridgehead atoms. The first kappa shape index (κ1) is 20.1. The van der Waals surface area contributed by atoms with Gasteiger partial charge in [-0.25, -0.2) is 4.79 Å². The summed E-state index contributed by atoms with van der Waals surface area (Å²) >= 11 is 0. The lowest BCUT2D eigenvalue weighted by atomic mass is 10.1. The third-order valence-electron chi connectivity index (χ3n) is 4.33. The number of rotatable bonds is 6. The number of nitrogens with two attached hydrogens (primary N) is 1. The first-order chi connectivity index (χ1) is 13.9. The number of non-ortho nitro benzene ring substituents is 1. The van der Waals surface area contributed by atoms with Crippen LogP contribution in [0.1, 0.15) is 10.4 Å². The lowest BCUT2D eigenvalue weighted by Gasteiger charge is -2.28. The van der Waals surface area contributed by atoms with Gasteiger partial charge in [0.1, 0.15) is 0 Å². The Morgan fingerprint density at radius 1 is 1.17 bits per heavy atom. The molecule has 10 heteroatoms. The number of esters is 1. The monoisotopic (exact) mass is 400 g/mol. The smallest absolute Gasteiger partial charge is 0.341 e. The predicted molar refractivity (Wildman–Crippen MR) is 106 cm³/mol. The number of hydrogen-bond acceptors (Lipinski definition) is 8. The van der Waals surface area contributed by atoms with Crippen LogP contribution < -0.4 is 16.0 Å². The van der Waals surface area contributed by atoms with Gasteiger partial charge >= 0.3 is 5.97 Å². The van der Waals surface area contributed by atoms with Gasteiger partial charge in [0.2, 0.25) is 0 Å². The molecule has 0 aliphatic carbocycles. The van der Waals surface area contributed by atoms with E-state index in [4.69, 9.17) is 15.2 Å². The SMILES string of the molecule is Nc1ccc([N+](=O)[O-])cc1C(=O)OCC(=O)Nc1ccc(N2CCOCC2)cc1. The molecular weight excluding hydrogens is 380 g/mol. The summed E-state index contributed by atoms with van der Waals surface area (Å²) in [7, 11) is 0. The summed E-state index contributed by atoms with van der Waals surface area (Å²) in [6, 6.07) is 10.7. The number of carbonyl (C=O) groups excluding carboxylic acids is 2. The molecule has 3 N–H and O–H groups in total. The lowest BCUT2D eigenvalue weighted by Crippen LogP contribution is -2.36. The van der Waals surface area contributed by atoms with Crippen molar-refractivity contribution in [1.82, 2.24) is 0 Å². The van der Waals surface area contributed by atoms with Gasteiger partial charge < -0.3 is 25.4 Å². The van der Waals surface area contributed by atoms with Gasteiger partial charge in [-0.05, 0) is 30.3 Å². The molecule has 1 aliphatic heterocycles. The number of ether oxygens (including phenoxy) is 2. The van der Waals surface area contributed by atoms with Gasteiger partial charge in [-0.1, -0.05) is 0 Å². The summed E-state index contributed by atoms with van der Waals surface area (Å²) in [4.78, 5) is 36.5. The Morgan fingerprint density at radius 2 is 1.86 bits per heavy atom. The summed E-state index contributed by atoms with van der Waals surface area (Å²) in [6.07, 6.45) is 0. The molecule has 1 fully saturated rings. The predicted octanol–water partition coefficient (Wildman–Crippen LogP) is 1.81. The van der Waals surface area contributed by atoms with E-state index in [1.807, 2.05) is 12.1 Å². The molecule has 0 aromatic heterocycles. The second-order valence-electron chi connectivity index (χ2n) is 6.30. The number of benzene rings is 2. The maximum Gasteiger partial charge on any atom is 0.341 e. The van der Waals surface area contributed by atoms with Crippen LogP contribution in [-0.4, -0.2) is 49.7 Å². The maximum absolute atomic E-state index is 12.1. The van der Waals surface area contributed by atoms with Gasteiger partial charge in [0.05, 0.1) is 23.7 Å². The van der Waals surface area contributed by atoms with E-state index in [0.717, 1.165) is 24.8 Å². The minimum atomic E-state index is -0.913. The molecule has 1 heterocycles. The fourth-order valence-corrected chi connectivity index (χ4v) is 2.82. The molecule has 0 unspecified atom stereocenters. The van der Waals surface area contributed by atoms with E-state index in [0.29, 0.717) is 18.9 Å². The fourth-order valence-electron chi connectivity index (χ4n) is 2.82. The third-order valence-corrected chi connectivity index (χ3v) is 4.33. The summed E-state index contributed by atoms with van der Waals surface area (Å²) in [5.41, 5.74) is 6.81. The summed E-state index contributed by atoms with van der Waals surface area (Å²) in [5.74, 6) is -1.45. The Labute approximate surface area is 166 Å². The molecule has 1 amide bonds. The van der Waals surface area contributed by atoms with Crippen molar-refractivity contribution in [2.75, 3.05) is 48.9 Å². The van der Waals surface area contributed by atoms with Crippen LogP contribution in [0.15, 0.2) is 42.5 Å². The maximum atomic E-state index is 12.1. The number of anilines is 3. The van der Waals surface area contributed by atoms with Crippen molar-refractivity contribution in [3.05, 3.63) is 58.1 Å². The van der Waals surface area contributed by atoms with Crippen LogP contribution in [0.3, 0.4) is 0 Å². The Morgan fingerprint density at radius 3 is 2.52 bits per heavy atom. The van der Waals surface area contributed by atoms with E-state index in [9.17, 15) is 19.7 Å². The molecule has 10 nitrogen and oxygen atoms in total. The van der Waals surface area contributed by atoms with Crippen LogP contribution in [-0.2, 0) is 14.3 Å². The van der Waals surface area contributed by atoms with Crippen LogP contribution in [0.2, 0.25) is 0 Å². The molecular formula is C19H20N4O6. The van der Waals surface area contributed by atoms with Crippen LogP contribution in [0, 0.1) is 10.1 Å². The Balaban J connectivity index is 1.54. The Kier molecular flexibility index (Phi) is 6.25. The van der Waals surface area contributed by atoms with E-state index in [-0.39, 0.29) is 16.9 Å². The number of nitro benzene ring substituents is 1. The van der Waals surface area contributed by atoms with E-state index in [2.05, 4.69) is 10.2 Å². The third kappa shape index (κ3) is 5.20. The Bertz CT molecular complexity index is 909. The van der Waals surface area contributed by atoms with Gasteiger partial charge in [-0.2, -0.15) is 0 Å². The average molecular weight is 400 g/mol. The number of nitrogen functional groups attached to an aromatic ring is 1. The molecule has 2 aromatic rings. The van der Waals surface area contributed by atoms with Gasteiger partial charge in [-0.15, -0.1) is 0 Å². The Hall–Kier alpha value is -3.66. The fraction of sp³-hybridized carbons (Fsp3) is 0.263. The average Bonchev–Trinajstić information content (AvgIpc) is 2.73. The van der Waals surface area contributed by atoms with Crippen molar-refractivity contribution in [3.63, 3.8) is 0 Å². The van der Waals surface area contributed by atoms with Crippen molar-refractivity contribution < 1.29 is 24.0 Å². The van der Waals surface area contributed by atoms with E-state index in [1.165, 1.54) is 12.1 Å². The molecule has 1 saturated heterocycles. The quantitative estimate of drug-likeness (QED) is 0.324. The number of carbonyl (C=O) groups is 2. The van der Waals surface area contributed by atoms with Crippen molar-refractivity contribution in [1.29, 1.82) is 0 Å². The highest BCUT2D eigenvalue weighted by atomic mass is 16.6. The van der Waals surface area contributed by atoms with E-state index >= 15 is 0 Å². The molecule has 1 aliphatic rings. The normalized spacial score (nSPS) is 13.6. The molecule has 2 aromatic carbocycles. The number of nitro groups is 1. The summed E-state index contributed by atoms with van der Waals surface area (Å²) < 4.78 is 10.2. The zero-order valence-corrected chi connectivity index (χ0v) is 15.5. The first-order valence-corrected chi connectivity index (χ1v) is 8.87. The van der Waals surface area contributed by atoms with Gasteiger partial charge in [-0.3, -0.25) is 14.9 Å². The largest absolute Gasteiger partial charge is 0.452 e. The molecule has 0 radical (unpaired) electrons. The first-order valence-electron chi connectivity index (χ1n) is 8.87. The highest BCUT2D eigenvalue weighted by Crippen LogP contribution is 2.21. The van der Waals surface area contributed by atoms with Gasteiger partial charge in [0.25, 0.3) is 11.6 Å². The minimum absolute atomic E-state index is 0.0275. The van der Waals surface area contributed by atoms with Crippen molar-refractivity contribution in [2.45, 2.75) is 0 Å². The van der Waals surface area contributed by atoms with Gasteiger partial charge in [0, 0.05) is 42.3 Å². The number of nitrogens with one attached hydrogen (secondary N) is 1. The minimum Gasteiger partial charge on any atom is -0.452 e. The number of nitrogens with zero attached hydrogens (tertiary/aromatic N) is 2. The zero-order valence-electron chi connectivity index (χ0n) is 15.5. The van der Waals surface area contributed by atoms with E-state index in [1.54, 1.807) is 12.1 Å². The topological polar surface area (TPSA) is 137 Å². The molecule has 152 valence electrons. The molecule has 0 saturated carbocycles. The summed E-state index contributed by atoms with van der Waals surface area (Å²) in [6.45, 7) is 2.43. The lowest BCUT2D eigenvalue weighted by molar-refractivity contribution is -0.384. The highest BCUT2D eigenvalue weighted by molar-refractivity contribution is 5.98. The molecule has 29 heavy (non-hydrogen) atoms. The van der Waals surface area contributed by atoms with Crippen LogP contribution in [0.5, 0.6) is 0 Å². The van der Waals surface area contributed by atoms with Gasteiger partial charge in [0.15, 0.2) is 6.61 Å². The molecule has 0 atom stereocenters. The number of morpholine rings is 1. The second kappa shape index (κ2) is 9.02. The highest BCUT2D eigenvalue weighted by Gasteiger charge is 2.18. The second-order valence-corrected chi connectivity index (χ2v) is 6.30. The summed E-state index contributed by atoms with van der Waals surface area (Å²) in [5, 5.41) is 13.4.